The van der Waals surface area contributed by atoms with Crippen molar-refractivity contribution in [3.05, 3.63) is 0 Å². The maximum atomic E-state index is 12.2. The molecule has 1 saturated carbocycles. The zero-order chi connectivity index (χ0) is 13.2. The van der Waals surface area contributed by atoms with E-state index in [1.165, 1.54) is 0 Å². The first-order valence-corrected chi connectivity index (χ1v) is 6.81. The highest BCUT2D eigenvalue weighted by Gasteiger charge is 2.35. The van der Waals surface area contributed by atoms with Crippen LogP contribution in [-0.4, -0.2) is 54.4 Å². The first-order chi connectivity index (χ1) is 8.50. The Morgan fingerprint density at radius 2 is 2.11 bits per heavy atom. The van der Waals surface area contributed by atoms with Gasteiger partial charge in [0.2, 0.25) is 5.91 Å². The Bertz CT molecular complexity index is 303. The van der Waals surface area contributed by atoms with Crippen LogP contribution in [0.15, 0.2) is 0 Å². The van der Waals surface area contributed by atoms with Crippen LogP contribution >= 0.6 is 0 Å². The number of hydrogen-bond donors (Lipinski definition) is 2. The van der Waals surface area contributed by atoms with Gasteiger partial charge in [0.25, 0.3) is 0 Å². The molecule has 18 heavy (non-hydrogen) atoms. The zero-order valence-electron chi connectivity index (χ0n) is 11.1. The van der Waals surface area contributed by atoms with Crippen molar-refractivity contribution >= 4 is 5.91 Å². The van der Waals surface area contributed by atoms with E-state index < -0.39 is 5.60 Å². The minimum atomic E-state index is -0.774. The second kappa shape index (κ2) is 5.55. The second-order valence-corrected chi connectivity index (χ2v) is 5.80. The smallest absolute Gasteiger partial charge is 0.225 e. The van der Waals surface area contributed by atoms with Crippen LogP contribution in [0.1, 0.15) is 32.1 Å². The van der Waals surface area contributed by atoms with Gasteiger partial charge in [0.15, 0.2) is 0 Å². The maximum Gasteiger partial charge on any atom is 0.225 e. The molecular formula is C13H24N2O3. The molecule has 0 aromatic heterocycles. The summed E-state index contributed by atoms with van der Waals surface area (Å²) in [5.41, 5.74) is 5.06. The van der Waals surface area contributed by atoms with E-state index in [1.807, 2.05) is 0 Å². The summed E-state index contributed by atoms with van der Waals surface area (Å²) in [7, 11) is 1.78. The minimum absolute atomic E-state index is 0.0495. The lowest BCUT2D eigenvalue weighted by Crippen LogP contribution is -2.48. The van der Waals surface area contributed by atoms with Gasteiger partial charge in [-0.05, 0) is 19.3 Å². The summed E-state index contributed by atoms with van der Waals surface area (Å²) in [6.45, 7) is 1.56. The van der Waals surface area contributed by atoms with Gasteiger partial charge in [0, 0.05) is 51.6 Å². The van der Waals surface area contributed by atoms with E-state index in [0.29, 0.717) is 32.6 Å². The molecule has 0 spiro atoms. The Labute approximate surface area is 108 Å². The number of ether oxygens (including phenoxy) is 1. The summed E-state index contributed by atoms with van der Waals surface area (Å²) >= 11 is 0. The molecule has 1 saturated heterocycles. The molecule has 2 unspecified atom stereocenters. The predicted octanol–water partition coefficient (Wildman–Crippen LogP) is 0.114. The Morgan fingerprint density at radius 1 is 1.44 bits per heavy atom. The van der Waals surface area contributed by atoms with Crippen molar-refractivity contribution in [2.75, 3.05) is 26.8 Å². The van der Waals surface area contributed by atoms with E-state index in [-0.39, 0.29) is 17.9 Å². The molecule has 5 nitrogen and oxygen atoms in total. The summed E-state index contributed by atoms with van der Waals surface area (Å²) in [5.74, 6) is 0.177. The van der Waals surface area contributed by atoms with Crippen molar-refractivity contribution in [3.8, 4) is 0 Å². The molecule has 1 amide bonds. The van der Waals surface area contributed by atoms with Crippen LogP contribution < -0.4 is 5.73 Å². The number of amides is 1. The fraction of sp³-hybridized carbons (Fsp3) is 0.923. The number of nitrogens with two attached hydrogens (primary N) is 1. The third-order valence-corrected chi connectivity index (χ3v) is 4.15. The van der Waals surface area contributed by atoms with Gasteiger partial charge < -0.3 is 20.5 Å². The largest absolute Gasteiger partial charge is 0.388 e. The van der Waals surface area contributed by atoms with Crippen LogP contribution in [0.3, 0.4) is 0 Å². The van der Waals surface area contributed by atoms with Crippen molar-refractivity contribution in [2.45, 2.75) is 43.7 Å². The highest BCUT2D eigenvalue weighted by Crippen LogP contribution is 2.27. The predicted molar refractivity (Wildman–Crippen MR) is 68.0 cm³/mol. The van der Waals surface area contributed by atoms with Crippen LogP contribution in [0.5, 0.6) is 0 Å². The van der Waals surface area contributed by atoms with E-state index >= 15 is 0 Å². The highest BCUT2D eigenvalue weighted by atomic mass is 16.5. The van der Waals surface area contributed by atoms with Gasteiger partial charge in [-0.25, -0.2) is 0 Å². The van der Waals surface area contributed by atoms with E-state index in [1.54, 1.807) is 11.9 Å². The SMILES string of the molecule is CN(CC1(O)CCOCC1)C(=O)C1CCC(N)C1. The lowest BCUT2D eigenvalue weighted by molar-refractivity contribution is -0.140. The van der Waals surface area contributed by atoms with Crippen molar-refractivity contribution in [1.29, 1.82) is 0 Å². The highest BCUT2D eigenvalue weighted by molar-refractivity contribution is 5.79. The number of hydrogen-bond acceptors (Lipinski definition) is 4. The summed E-state index contributed by atoms with van der Waals surface area (Å²) in [5, 5.41) is 10.4. The summed E-state index contributed by atoms with van der Waals surface area (Å²) in [6.07, 6.45) is 3.81. The van der Waals surface area contributed by atoms with Crippen molar-refractivity contribution in [2.24, 2.45) is 11.7 Å². The first-order valence-electron chi connectivity index (χ1n) is 6.81. The van der Waals surface area contributed by atoms with Gasteiger partial charge in [-0.2, -0.15) is 0 Å². The van der Waals surface area contributed by atoms with Crippen LogP contribution in [0, 0.1) is 5.92 Å². The van der Waals surface area contributed by atoms with Crippen LogP contribution in [0.4, 0.5) is 0 Å². The second-order valence-electron chi connectivity index (χ2n) is 5.80. The molecule has 1 aliphatic carbocycles. The zero-order valence-corrected chi connectivity index (χ0v) is 11.1. The van der Waals surface area contributed by atoms with E-state index in [2.05, 4.69) is 0 Å². The lowest BCUT2D eigenvalue weighted by Gasteiger charge is -2.36. The average molecular weight is 256 g/mol. The number of carbonyl (C=O) groups excluding carboxylic acids is 1. The first kappa shape index (κ1) is 13.8. The lowest BCUT2D eigenvalue weighted by atomic mass is 9.93. The molecule has 0 bridgehead atoms. The van der Waals surface area contributed by atoms with Gasteiger partial charge in [0.05, 0.1) is 5.60 Å². The molecule has 2 fully saturated rings. The van der Waals surface area contributed by atoms with E-state index in [0.717, 1.165) is 19.3 Å². The molecule has 5 heteroatoms. The molecule has 104 valence electrons. The molecule has 2 aliphatic rings. The van der Waals surface area contributed by atoms with Gasteiger partial charge in [-0.1, -0.05) is 0 Å². The normalized spacial score (nSPS) is 31.3. The monoisotopic (exact) mass is 256 g/mol. The molecule has 1 aliphatic heterocycles. The number of likely N-dealkylation sites (N-methyl/N-ethyl adjacent to an activating group) is 1. The summed E-state index contributed by atoms with van der Waals surface area (Å²) < 4.78 is 5.24. The number of rotatable bonds is 3. The van der Waals surface area contributed by atoms with Crippen LogP contribution in [0.25, 0.3) is 0 Å². The minimum Gasteiger partial charge on any atom is -0.388 e. The number of nitrogens with zero attached hydrogens (tertiary/aromatic N) is 1. The van der Waals surface area contributed by atoms with Gasteiger partial charge in [-0.15, -0.1) is 0 Å². The Morgan fingerprint density at radius 3 is 2.67 bits per heavy atom. The third kappa shape index (κ3) is 3.22. The van der Waals surface area contributed by atoms with Crippen molar-refractivity contribution < 1.29 is 14.6 Å². The standard InChI is InChI=1S/C13H24N2O3/c1-15(9-13(17)4-6-18-7-5-13)12(16)10-2-3-11(14)8-10/h10-11,17H,2-9,14H2,1H3. The van der Waals surface area contributed by atoms with E-state index in [4.69, 9.17) is 10.5 Å². The Hall–Kier alpha value is -0.650. The van der Waals surface area contributed by atoms with Crippen molar-refractivity contribution in [3.63, 3.8) is 0 Å². The quantitative estimate of drug-likeness (QED) is 0.751. The Balaban J connectivity index is 1.86. The molecule has 2 atom stereocenters. The molecule has 3 N–H and O–H groups in total. The third-order valence-electron chi connectivity index (χ3n) is 4.15. The summed E-state index contributed by atoms with van der Waals surface area (Å²) in [4.78, 5) is 13.9. The van der Waals surface area contributed by atoms with Crippen molar-refractivity contribution in [1.82, 2.24) is 4.90 Å². The molecule has 0 aromatic carbocycles. The Kier molecular flexibility index (Phi) is 4.25. The molecule has 0 radical (unpaired) electrons. The number of carbonyl (C=O) groups is 1. The molecular weight excluding hydrogens is 232 g/mol. The van der Waals surface area contributed by atoms with Crippen LogP contribution in [0.2, 0.25) is 0 Å². The molecule has 2 rings (SSSR count). The average Bonchev–Trinajstić information content (AvgIpc) is 2.75. The molecule has 1 heterocycles. The maximum absolute atomic E-state index is 12.2. The van der Waals surface area contributed by atoms with Gasteiger partial charge in [0.1, 0.15) is 0 Å². The fourth-order valence-electron chi connectivity index (χ4n) is 2.98. The van der Waals surface area contributed by atoms with E-state index in [9.17, 15) is 9.90 Å². The fourth-order valence-corrected chi connectivity index (χ4v) is 2.98. The molecule has 0 aromatic rings. The van der Waals surface area contributed by atoms with Gasteiger partial charge in [-0.3, -0.25) is 4.79 Å². The van der Waals surface area contributed by atoms with Gasteiger partial charge >= 0.3 is 0 Å². The summed E-state index contributed by atoms with van der Waals surface area (Å²) in [6, 6.07) is 0.165. The topological polar surface area (TPSA) is 75.8 Å². The van der Waals surface area contributed by atoms with Crippen LogP contribution in [-0.2, 0) is 9.53 Å². The number of aliphatic hydroxyl groups is 1.